The lowest BCUT2D eigenvalue weighted by atomic mass is 9.54. The Morgan fingerprint density at radius 2 is 1.92 bits per heavy atom. The van der Waals surface area contributed by atoms with Gasteiger partial charge < -0.3 is 20.3 Å². The number of carbonyl (C=O) groups excluding carboxylic acids is 2. The summed E-state index contributed by atoms with van der Waals surface area (Å²) in [4.78, 5) is 29.0. The molecule has 1 saturated carbocycles. The van der Waals surface area contributed by atoms with Crippen LogP contribution >= 0.6 is 11.3 Å². The van der Waals surface area contributed by atoms with E-state index in [1.54, 1.807) is 4.90 Å². The molecule has 1 saturated heterocycles. The number of thiophene rings is 1. The molecule has 2 amide bonds. The van der Waals surface area contributed by atoms with Crippen molar-refractivity contribution in [3.8, 4) is 0 Å². The average Bonchev–Trinajstić information content (AvgIpc) is 3.15. The van der Waals surface area contributed by atoms with Crippen LogP contribution in [0.4, 0.5) is 0 Å². The second-order valence-corrected chi connectivity index (χ2v) is 8.22. The van der Waals surface area contributed by atoms with Crippen LogP contribution in [0, 0.1) is 5.41 Å². The third-order valence-electron chi connectivity index (χ3n) is 5.83. The van der Waals surface area contributed by atoms with Gasteiger partial charge in [0.05, 0.1) is 11.7 Å². The Labute approximate surface area is 152 Å². The number of piperazine rings is 1. The molecule has 1 aliphatic heterocycles. The number of carbonyl (C=O) groups is 2. The molecule has 2 heterocycles. The highest BCUT2D eigenvalue weighted by Crippen LogP contribution is 2.50. The van der Waals surface area contributed by atoms with Crippen LogP contribution < -0.4 is 5.73 Å². The first-order valence-corrected chi connectivity index (χ1v) is 9.77. The summed E-state index contributed by atoms with van der Waals surface area (Å²) >= 11 is 1.51. The zero-order valence-electron chi connectivity index (χ0n) is 15.2. The van der Waals surface area contributed by atoms with Crippen LogP contribution in [0.25, 0.3) is 0 Å². The second-order valence-electron chi connectivity index (χ2n) is 7.44. The maximum absolute atomic E-state index is 13.0. The van der Waals surface area contributed by atoms with Crippen LogP contribution in [0.1, 0.15) is 37.6 Å². The summed E-state index contributed by atoms with van der Waals surface area (Å²) in [5.74, 6) is 0.0206. The summed E-state index contributed by atoms with van der Waals surface area (Å²) in [6, 6.07) is 1.84. The molecule has 0 radical (unpaired) electrons. The van der Waals surface area contributed by atoms with Gasteiger partial charge in [-0.15, -0.1) is 0 Å². The highest BCUT2D eigenvalue weighted by molar-refractivity contribution is 7.08. The molecule has 138 valence electrons. The molecule has 0 bridgehead atoms. The zero-order valence-corrected chi connectivity index (χ0v) is 16.0. The topological polar surface area (TPSA) is 75.9 Å². The third-order valence-corrected chi connectivity index (χ3v) is 6.52. The molecule has 2 aliphatic rings. The minimum absolute atomic E-state index is 0.0175. The van der Waals surface area contributed by atoms with Gasteiger partial charge in [-0.25, -0.2) is 0 Å². The van der Waals surface area contributed by atoms with Crippen molar-refractivity contribution in [2.45, 2.75) is 38.8 Å². The van der Waals surface area contributed by atoms with Gasteiger partial charge in [-0.1, -0.05) is 13.8 Å². The summed E-state index contributed by atoms with van der Waals surface area (Å²) in [5, 5.41) is 3.76. The Hall–Kier alpha value is -1.44. The lowest BCUT2D eigenvalue weighted by Crippen LogP contribution is -2.76. The fraction of sp³-hybridized carbons (Fsp3) is 0.667. The van der Waals surface area contributed by atoms with Gasteiger partial charge in [-0.05, 0) is 18.4 Å². The van der Waals surface area contributed by atoms with Crippen LogP contribution in [0.2, 0.25) is 0 Å². The molecule has 0 aromatic carbocycles. The van der Waals surface area contributed by atoms with E-state index < -0.39 is 5.54 Å². The Morgan fingerprint density at radius 3 is 2.44 bits per heavy atom. The minimum atomic E-state index is -0.883. The van der Waals surface area contributed by atoms with Gasteiger partial charge in [-0.3, -0.25) is 9.59 Å². The van der Waals surface area contributed by atoms with Crippen LogP contribution in [-0.4, -0.2) is 66.0 Å². The number of ether oxygens (including phenoxy) is 1. The molecule has 0 spiro atoms. The van der Waals surface area contributed by atoms with Crippen molar-refractivity contribution in [3.05, 3.63) is 22.4 Å². The molecule has 1 aliphatic carbocycles. The van der Waals surface area contributed by atoms with Crippen LogP contribution in [0.3, 0.4) is 0 Å². The van der Waals surface area contributed by atoms with Crippen LogP contribution in [-0.2, 0) is 9.53 Å². The van der Waals surface area contributed by atoms with E-state index in [2.05, 4.69) is 0 Å². The van der Waals surface area contributed by atoms with Gasteiger partial charge in [0, 0.05) is 50.0 Å². The smallest absolute Gasteiger partial charge is 0.254 e. The number of amides is 2. The van der Waals surface area contributed by atoms with Gasteiger partial charge in [-0.2, -0.15) is 11.3 Å². The van der Waals surface area contributed by atoms with Gasteiger partial charge in [0.15, 0.2) is 0 Å². The van der Waals surface area contributed by atoms with Crippen molar-refractivity contribution in [1.29, 1.82) is 0 Å². The van der Waals surface area contributed by atoms with Crippen molar-refractivity contribution in [3.63, 3.8) is 0 Å². The summed E-state index contributed by atoms with van der Waals surface area (Å²) in [6.07, 6.45) is 0.577. The lowest BCUT2D eigenvalue weighted by Gasteiger charge is -2.59. The van der Waals surface area contributed by atoms with Crippen molar-refractivity contribution in [2.75, 3.05) is 32.8 Å². The number of hydrogen-bond acceptors (Lipinski definition) is 5. The maximum atomic E-state index is 13.0. The van der Waals surface area contributed by atoms with Crippen LogP contribution in [0.15, 0.2) is 16.8 Å². The molecule has 2 N–H and O–H groups in total. The second kappa shape index (κ2) is 6.70. The van der Waals surface area contributed by atoms with Gasteiger partial charge >= 0.3 is 0 Å². The van der Waals surface area contributed by atoms with E-state index in [-0.39, 0.29) is 23.3 Å². The van der Waals surface area contributed by atoms with E-state index in [1.807, 2.05) is 42.5 Å². The fourth-order valence-corrected chi connectivity index (χ4v) is 4.39. The summed E-state index contributed by atoms with van der Waals surface area (Å²) in [6.45, 7) is 8.75. The molecule has 2 fully saturated rings. The number of nitrogens with zero attached hydrogens (tertiary/aromatic N) is 2. The first-order valence-electron chi connectivity index (χ1n) is 8.82. The maximum Gasteiger partial charge on any atom is 0.254 e. The van der Waals surface area contributed by atoms with Gasteiger partial charge in [0.25, 0.3) is 5.91 Å². The molecule has 1 aromatic rings. The average molecular weight is 365 g/mol. The quantitative estimate of drug-likeness (QED) is 0.879. The molecule has 2 unspecified atom stereocenters. The summed E-state index contributed by atoms with van der Waals surface area (Å²) < 4.78 is 5.71. The number of hydrogen-bond donors (Lipinski definition) is 1. The van der Waals surface area contributed by atoms with Gasteiger partial charge in [0.2, 0.25) is 5.91 Å². The standard InChI is InChI=1S/C18H27N3O3S/c1-4-24-14-11-18(19,17(14,2)3)16(23)21-8-6-20(7-9-21)15(22)13-5-10-25-12-13/h5,10,12,14H,4,6-9,11,19H2,1-3H3. The van der Waals surface area contributed by atoms with E-state index in [0.717, 1.165) is 5.56 Å². The first-order chi connectivity index (χ1) is 11.8. The molecule has 1 aromatic heterocycles. The van der Waals surface area contributed by atoms with Crippen molar-refractivity contribution in [2.24, 2.45) is 11.1 Å². The fourth-order valence-electron chi connectivity index (χ4n) is 3.76. The largest absolute Gasteiger partial charge is 0.378 e. The van der Waals surface area contributed by atoms with E-state index in [1.165, 1.54) is 11.3 Å². The lowest BCUT2D eigenvalue weighted by molar-refractivity contribution is -0.180. The molecule has 25 heavy (non-hydrogen) atoms. The van der Waals surface area contributed by atoms with E-state index in [0.29, 0.717) is 39.2 Å². The number of nitrogens with two attached hydrogens (primary N) is 1. The Bertz CT molecular complexity index is 638. The van der Waals surface area contributed by atoms with Crippen molar-refractivity contribution >= 4 is 23.2 Å². The molecule has 6 nitrogen and oxygen atoms in total. The molecular weight excluding hydrogens is 338 g/mol. The van der Waals surface area contributed by atoms with E-state index in [9.17, 15) is 9.59 Å². The predicted molar refractivity (Wildman–Crippen MR) is 97.5 cm³/mol. The van der Waals surface area contributed by atoms with E-state index >= 15 is 0 Å². The summed E-state index contributed by atoms with van der Waals surface area (Å²) in [7, 11) is 0. The Kier molecular flexibility index (Phi) is 4.92. The highest BCUT2D eigenvalue weighted by Gasteiger charge is 2.63. The highest BCUT2D eigenvalue weighted by atomic mass is 32.1. The molecule has 3 rings (SSSR count). The monoisotopic (exact) mass is 365 g/mol. The predicted octanol–water partition coefficient (Wildman–Crippen LogP) is 1.57. The number of rotatable bonds is 4. The first kappa shape index (κ1) is 18.4. The molecule has 7 heteroatoms. The molecular formula is C18H27N3O3S. The Morgan fingerprint density at radius 1 is 1.28 bits per heavy atom. The van der Waals surface area contributed by atoms with E-state index in [4.69, 9.17) is 10.5 Å². The van der Waals surface area contributed by atoms with Crippen molar-refractivity contribution in [1.82, 2.24) is 9.80 Å². The Balaban J connectivity index is 1.60. The molecule has 2 atom stereocenters. The summed E-state index contributed by atoms with van der Waals surface area (Å²) in [5.41, 5.74) is 5.95. The normalized spacial score (nSPS) is 28.6. The SMILES string of the molecule is CCOC1CC(N)(C(=O)N2CCN(C(=O)c3ccsc3)CC2)C1(C)C. The zero-order chi connectivity index (χ0) is 18.2. The van der Waals surface area contributed by atoms with Crippen LogP contribution in [0.5, 0.6) is 0 Å². The third kappa shape index (κ3) is 2.98. The minimum Gasteiger partial charge on any atom is -0.378 e. The van der Waals surface area contributed by atoms with Crippen molar-refractivity contribution < 1.29 is 14.3 Å². The van der Waals surface area contributed by atoms with Gasteiger partial charge in [0.1, 0.15) is 5.54 Å².